The van der Waals surface area contributed by atoms with E-state index >= 15 is 0 Å². The van der Waals surface area contributed by atoms with Gasteiger partial charge in [0, 0.05) is 15.7 Å². The molecule has 19 heavy (non-hydrogen) atoms. The van der Waals surface area contributed by atoms with E-state index in [1.807, 2.05) is 0 Å². The molecule has 0 unspecified atom stereocenters. The fourth-order valence-corrected chi connectivity index (χ4v) is 2.19. The normalized spacial score (nSPS) is 10.3. The van der Waals surface area contributed by atoms with E-state index in [0.717, 1.165) is 0 Å². The largest absolute Gasteiger partial charge is 0.398 e. The molecule has 0 atom stereocenters. The number of halogens is 3. The second kappa shape index (κ2) is 5.82. The van der Waals surface area contributed by atoms with Gasteiger partial charge in [-0.3, -0.25) is 4.79 Å². The molecular weight excluding hydrogens is 351 g/mol. The topological polar surface area (TPSA) is 55.1 Å². The van der Waals surface area contributed by atoms with Crippen molar-refractivity contribution in [1.29, 1.82) is 0 Å². The average molecular weight is 360 g/mol. The molecule has 0 aliphatic carbocycles. The maximum Gasteiger partial charge on any atom is 0.255 e. The Balaban J connectivity index is 2.26. The Morgan fingerprint density at radius 2 is 1.95 bits per heavy atom. The Morgan fingerprint density at radius 3 is 2.63 bits per heavy atom. The summed E-state index contributed by atoms with van der Waals surface area (Å²) in [5, 5.41) is 3.40. The van der Waals surface area contributed by atoms with Crippen molar-refractivity contribution in [3.05, 3.63) is 56.5 Å². The fraction of sp³-hybridized carbons (Fsp3) is 0. The number of amides is 1. The molecule has 3 N–H and O–H groups in total. The van der Waals surface area contributed by atoms with Crippen molar-refractivity contribution in [3.63, 3.8) is 0 Å². The first-order chi connectivity index (χ1) is 8.99. The van der Waals surface area contributed by atoms with Gasteiger partial charge in [-0.05, 0) is 46.3 Å². The molecule has 2 rings (SSSR count). The van der Waals surface area contributed by atoms with Crippen molar-refractivity contribution in [2.24, 2.45) is 0 Å². The lowest BCUT2D eigenvalue weighted by molar-refractivity contribution is 0.102. The number of hydrogen-bond acceptors (Lipinski definition) is 2. The number of benzene rings is 2. The number of carbonyl (C=O) groups excluding carboxylic acids is 1. The van der Waals surface area contributed by atoms with E-state index in [4.69, 9.17) is 28.9 Å². The molecule has 0 aliphatic rings. The van der Waals surface area contributed by atoms with Crippen LogP contribution in [0.4, 0.5) is 11.4 Å². The molecule has 0 saturated carbocycles. The van der Waals surface area contributed by atoms with Crippen LogP contribution in [-0.2, 0) is 0 Å². The van der Waals surface area contributed by atoms with E-state index in [9.17, 15) is 4.79 Å². The van der Waals surface area contributed by atoms with Gasteiger partial charge in [0.15, 0.2) is 0 Å². The standard InChI is InChI=1S/C13H9BrCl2N2O/c14-8-6-7(4-5-10(8)17)13(19)18-11-3-1-2-9(15)12(11)16/h1-6H,17H2,(H,18,19). The third-order valence-corrected chi connectivity index (χ3v) is 3.97. The molecule has 0 spiro atoms. The Hall–Kier alpha value is -1.23. The SMILES string of the molecule is Nc1ccc(C(=O)Nc2cccc(Cl)c2Cl)cc1Br. The number of rotatable bonds is 2. The van der Waals surface area contributed by atoms with Crippen LogP contribution in [0.1, 0.15) is 10.4 Å². The molecule has 0 aromatic heterocycles. The minimum Gasteiger partial charge on any atom is -0.398 e. The van der Waals surface area contributed by atoms with Gasteiger partial charge >= 0.3 is 0 Å². The van der Waals surface area contributed by atoms with Crippen molar-refractivity contribution in [2.75, 3.05) is 11.1 Å². The van der Waals surface area contributed by atoms with Crippen LogP contribution in [0.3, 0.4) is 0 Å². The van der Waals surface area contributed by atoms with Crippen LogP contribution in [0, 0.1) is 0 Å². The monoisotopic (exact) mass is 358 g/mol. The van der Waals surface area contributed by atoms with Gasteiger partial charge in [0.1, 0.15) is 0 Å². The van der Waals surface area contributed by atoms with Crippen LogP contribution in [-0.4, -0.2) is 5.91 Å². The number of nitrogen functional groups attached to an aromatic ring is 1. The van der Waals surface area contributed by atoms with Crippen molar-refractivity contribution in [2.45, 2.75) is 0 Å². The number of nitrogens with one attached hydrogen (secondary N) is 1. The molecule has 6 heteroatoms. The molecule has 3 nitrogen and oxygen atoms in total. The first kappa shape index (κ1) is 14.2. The lowest BCUT2D eigenvalue weighted by Crippen LogP contribution is -2.12. The summed E-state index contributed by atoms with van der Waals surface area (Å²) >= 11 is 15.2. The Kier molecular flexibility index (Phi) is 4.34. The molecular formula is C13H9BrCl2N2O. The van der Waals surface area contributed by atoms with Gasteiger partial charge in [0.05, 0.1) is 15.7 Å². The summed E-state index contributed by atoms with van der Waals surface area (Å²) in [5.41, 5.74) is 7.17. The minimum absolute atomic E-state index is 0.287. The fourth-order valence-electron chi connectivity index (χ4n) is 1.46. The third-order valence-electron chi connectivity index (χ3n) is 2.46. The number of anilines is 2. The van der Waals surface area contributed by atoms with E-state index in [1.54, 1.807) is 36.4 Å². The van der Waals surface area contributed by atoms with Crippen LogP contribution >= 0.6 is 39.1 Å². The van der Waals surface area contributed by atoms with Gasteiger partial charge < -0.3 is 11.1 Å². The molecule has 2 aromatic rings. The second-order valence-corrected chi connectivity index (χ2v) is 5.43. The van der Waals surface area contributed by atoms with E-state index in [-0.39, 0.29) is 5.91 Å². The number of hydrogen-bond donors (Lipinski definition) is 2. The highest BCUT2D eigenvalue weighted by atomic mass is 79.9. The predicted molar refractivity (Wildman–Crippen MR) is 83.0 cm³/mol. The lowest BCUT2D eigenvalue weighted by Gasteiger charge is -2.09. The zero-order valence-corrected chi connectivity index (χ0v) is 12.7. The predicted octanol–water partition coefficient (Wildman–Crippen LogP) is 4.59. The van der Waals surface area contributed by atoms with Gasteiger partial charge in [-0.15, -0.1) is 0 Å². The Morgan fingerprint density at radius 1 is 1.21 bits per heavy atom. The molecule has 2 aromatic carbocycles. The van der Waals surface area contributed by atoms with Crippen molar-refractivity contribution in [1.82, 2.24) is 0 Å². The van der Waals surface area contributed by atoms with Crippen LogP contribution < -0.4 is 11.1 Å². The summed E-state index contributed by atoms with van der Waals surface area (Å²) < 4.78 is 0.664. The van der Waals surface area contributed by atoms with E-state index < -0.39 is 0 Å². The van der Waals surface area contributed by atoms with Crippen LogP contribution in [0.5, 0.6) is 0 Å². The Labute approximate surface area is 128 Å². The molecule has 0 bridgehead atoms. The van der Waals surface area contributed by atoms with Crippen molar-refractivity contribution in [3.8, 4) is 0 Å². The van der Waals surface area contributed by atoms with Gasteiger partial charge in [0.2, 0.25) is 0 Å². The summed E-state index contributed by atoms with van der Waals surface area (Å²) in [6.45, 7) is 0. The highest BCUT2D eigenvalue weighted by Crippen LogP contribution is 2.30. The molecule has 0 aliphatic heterocycles. The third kappa shape index (κ3) is 3.21. The zero-order valence-electron chi connectivity index (χ0n) is 9.58. The van der Waals surface area contributed by atoms with Gasteiger partial charge in [-0.1, -0.05) is 29.3 Å². The molecule has 0 fully saturated rings. The number of nitrogens with two attached hydrogens (primary N) is 1. The highest BCUT2D eigenvalue weighted by Gasteiger charge is 2.11. The molecule has 1 amide bonds. The highest BCUT2D eigenvalue weighted by molar-refractivity contribution is 9.10. The summed E-state index contributed by atoms with van der Waals surface area (Å²) in [6, 6.07) is 9.97. The van der Waals surface area contributed by atoms with Crippen molar-refractivity contribution < 1.29 is 4.79 Å². The van der Waals surface area contributed by atoms with Crippen LogP contribution in [0.25, 0.3) is 0 Å². The summed E-state index contributed by atoms with van der Waals surface area (Å²) in [7, 11) is 0. The molecule has 0 heterocycles. The smallest absolute Gasteiger partial charge is 0.255 e. The molecule has 98 valence electrons. The Bertz CT molecular complexity index is 647. The van der Waals surface area contributed by atoms with Gasteiger partial charge in [-0.25, -0.2) is 0 Å². The quantitative estimate of drug-likeness (QED) is 0.770. The van der Waals surface area contributed by atoms with Crippen LogP contribution in [0.15, 0.2) is 40.9 Å². The first-order valence-electron chi connectivity index (χ1n) is 5.29. The second-order valence-electron chi connectivity index (χ2n) is 3.79. The van der Waals surface area contributed by atoms with E-state index in [0.29, 0.717) is 31.5 Å². The van der Waals surface area contributed by atoms with Crippen LogP contribution in [0.2, 0.25) is 10.0 Å². The summed E-state index contributed by atoms with van der Waals surface area (Å²) in [4.78, 5) is 12.1. The summed E-state index contributed by atoms with van der Waals surface area (Å²) in [6.07, 6.45) is 0. The maximum absolute atomic E-state index is 12.1. The zero-order chi connectivity index (χ0) is 14.0. The van der Waals surface area contributed by atoms with Gasteiger partial charge in [0.25, 0.3) is 5.91 Å². The number of carbonyl (C=O) groups is 1. The first-order valence-corrected chi connectivity index (χ1v) is 6.84. The minimum atomic E-state index is -0.287. The maximum atomic E-state index is 12.1. The molecule has 0 radical (unpaired) electrons. The van der Waals surface area contributed by atoms with Gasteiger partial charge in [-0.2, -0.15) is 0 Å². The summed E-state index contributed by atoms with van der Waals surface area (Å²) in [5.74, 6) is -0.287. The molecule has 0 saturated heterocycles. The van der Waals surface area contributed by atoms with E-state index in [1.165, 1.54) is 0 Å². The van der Waals surface area contributed by atoms with E-state index in [2.05, 4.69) is 21.2 Å². The van der Waals surface area contributed by atoms with Crippen molar-refractivity contribution >= 4 is 56.4 Å². The lowest BCUT2D eigenvalue weighted by atomic mass is 10.2. The average Bonchev–Trinajstić information content (AvgIpc) is 2.38.